The number of carbonyl (C=O) groups excluding carboxylic acids is 1. The van der Waals surface area contributed by atoms with Crippen molar-refractivity contribution in [2.24, 2.45) is 10.9 Å². The lowest BCUT2D eigenvalue weighted by Crippen LogP contribution is -2.57. The number of fused-ring (bicyclic) bond motifs is 1. The summed E-state index contributed by atoms with van der Waals surface area (Å²) >= 11 is 0. The van der Waals surface area contributed by atoms with Crippen LogP contribution in [-0.4, -0.2) is 65.7 Å². The van der Waals surface area contributed by atoms with E-state index in [0.717, 1.165) is 25.0 Å². The zero-order chi connectivity index (χ0) is 16.6. The van der Waals surface area contributed by atoms with Crippen molar-refractivity contribution in [3.63, 3.8) is 0 Å². The number of hydrogen-bond donors (Lipinski definition) is 1. The molecule has 0 radical (unpaired) electrons. The van der Waals surface area contributed by atoms with Gasteiger partial charge in [-0.25, -0.2) is 4.79 Å². The number of nitrogens with one attached hydrogen (secondary N) is 1. The monoisotopic (exact) mass is 322 g/mol. The lowest BCUT2D eigenvalue weighted by atomic mass is 10.2. The average molecular weight is 322 g/mol. The Bertz CT molecular complexity index is 485. The first-order valence-electron chi connectivity index (χ1n) is 8.93. The topological polar surface area (TPSA) is 57.2 Å². The Morgan fingerprint density at radius 2 is 2.17 bits per heavy atom. The molecule has 0 aromatic carbocycles. The van der Waals surface area contributed by atoms with Gasteiger partial charge in [-0.05, 0) is 39.5 Å². The van der Waals surface area contributed by atoms with Gasteiger partial charge in [0.05, 0.1) is 12.6 Å². The van der Waals surface area contributed by atoms with Gasteiger partial charge in [0.1, 0.15) is 5.60 Å². The Morgan fingerprint density at radius 3 is 2.87 bits per heavy atom. The van der Waals surface area contributed by atoms with Crippen LogP contribution in [0.3, 0.4) is 0 Å². The van der Waals surface area contributed by atoms with E-state index in [2.05, 4.69) is 22.1 Å². The Hall–Kier alpha value is -1.46. The summed E-state index contributed by atoms with van der Waals surface area (Å²) in [7, 11) is 0. The molecule has 2 aliphatic heterocycles. The van der Waals surface area contributed by atoms with E-state index in [-0.39, 0.29) is 6.09 Å². The second-order valence-electron chi connectivity index (χ2n) is 7.97. The third-order valence-corrected chi connectivity index (χ3v) is 4.75. The van der Waals surface area contributed by atoms with Crippen molar-refractivity contribution in [1.82, 2.24) is 15.1 Å². The number of carbonyl (C=O) groups is 1. The molecule has 3 aliphatic rings. The minimum absolute atomic E-state index is 0.205. The normalized spacial score (nSPS) is 29.9. The zero-order valence-electron chi connectivity index (χ0n) is 14.8. The fraction of sp³-hybridized carbons (Fsp3) is 0.882. The molecule has 23 heavy (non-hydrogen) atoms. The molecule has 1 saturated carbocycles. The van der Waals surface area contributed by atoms with E-state index in [4.69, 9.17) is 4.74 Å². The summed E-state index contributed by atoms with van der Waals surface area (Å²) in [5.74, 6) is 1.87. The molecule has 1 saturated heterocycles. The number of piperazine rings is 1. The van der Waals surface area contributed by atoms with E-state index in [9.17, 15) is 4.79 Å². The predicted octanol–water partition coefficient (Wildman–Crippen LogP) is 2.06. The second-order valence-corrected chi connectivity index (χ2v) is 7.97. The molecule has 6 heteroatoms. The van der Waals surface area contributed by atoms with Crippen LogP contribution in [0.15, 0.2) is 4.99 Å². The van der Waals surface area contributed by atoms with Crippen LogP contribution in [0.1, 0.15) is 47.0 Å². The summed E-state index contributed by atoms with van der Waals surface area (Å²) in [4.78, 5) is 21.1. The molecule has 6 nitrogen and oxygen atoms in total. The molecule has 3 unspecified atom stereocenters. The van der Waals surface area contributed by atoms with E-state index in [1.54, 1.807) is 0 Å². The van der Waals surface area contributed by atoms with E-state index >= 15 is 0 Å². The highest BCUT2D eigenvalue weighted by Gasteiger charge is 2.41. The van der Waals surface area contributed by atoms with E-state index < -0.39 is 5.60 Å². The van der Waals surface area contributed by atoms with Gasteiger partial charge in [-0.15, -0.1) is 0 Å². The van der Waals surface area contributed by atoms with Crippen molar-refractivity contribution in [3.8, 4) is 0 Å². The largest absolute Gasteiger partial charge is 0.444 e. The minimum atomic E-state index is -0.437. The molecule has 1 aliphatic carbocycles. The SMILES string of the molecule is CCCC1CC1NC1=NCC2CN(C(=O)OC(C)(C)C)CCN12. The molecule has 3 rings (SSSR count). The summed E-state index contributed by atoms with van der Waals surface area (Å²) in [6.45, 7) is 11.0. The summed E-state index contributed by atoms with van der Waals surface area (Å²) < 4.78 is 5.48. The number of nitrogens with zero attached hydrogens (tertiary/aromatic N) is 3. The maximum Gasteiger partial charge on any atom is 0.410 e. The van der Waals surface area contributed by atoms with E-state index in [1.165, 1.54) is 19.3 Å². The third-order valence-electron chi connectivity index (χ3n) is 4.75. The lowest BCUT2D eigenvalue weighted by molar-refractivity contribution is 0.0137. The number of ether oxygens (including phenoxy) is 1. The third kappa shape index (κ3) is 3.90. The summed E-state index contributed by atoms with van der Waals surface area (Å²) in [6, 6.07) is 0.901. The molecule has 0 aromatic heterocycles. The Balaban J connectivity index is 1.49. The van der Waals surface area contributed by atoms with Gasteiger partial charge in [0.2, 0.25) is 0 Å². The summed E-state index contributed by atoms with van der Waals surface area (Å²) in [6.07, 6.45) is 3.63. The average Bonchev–Trinajstić information content (AvgIpc) is 3.06. The first-order chi connectivity index (χ1) is 10.9. The predicted molar refractivity (Wildman–Crippen MR) is 90.5 cm³/mol. The minimum Gasteiger partial charge on any atom is -0.444 e. The Labute approximate surface area is 139 Å². The number of hydrogen-bond acceptors (Lipinski definition) is 5. The van der Waals surface area contributed by atoms with Crippen LogP contribution >= 0.6 is 0 Å². The smallest absolute Gasteiger partial charge is 0.410 e. The quantitative estimate of drug-likeness (QED) is 0.864. The van der Waals surface area contributed by atoms with E-state index in [0.29, 0.717) is 25.2 Å². The molecule has 0 spiro atoms. The van der Waals surface area contributed by atoms with Crippen molar-refractivity contribution in [3.05, 3.63) is 0 Å². The standard InChI is InChI=1S/C17H30N4O2/c1-5-6-12-9-14(12)19-15-18-10-13-11-20(7-8-21(13)15)16(22)23-17(2,3)4/h12-14H,5-11H2,1-4H3,(H,18,19). The van der Waals surface area contributed by atoms with Crippen molar-refractivity contribution < 1.29 is 9.53 Å². The molecule has 1 N–H and O–H groups in total. The van der Waals surface area contributed by atoms with Crippen LogP contribution < -0.4 is 5.32 Å². The molecule has 0 aromatic rings. The van der Waals surface area contributed by atoms with Gasteiger partial charge in [0.25, 0.3) is 0 Å². The first-order valence-corrected chi connectivity index (χ1v) is 8.93. The van der Waals surface area contributed by atoms with Gasteiger partial charge in [0, 0.05) is 25.7 Å². The van der Waals surface area contributed by atoms with Crippen LogP contribution in [-0.2, 0) is 4.74 Å². The van der Waals surface area contributed by atoms with Gasteiger partial charge in [-0.3, -0.25) is 4.99 Å². The van der Waals surface area contributed by atoms with Gasteiger partial charge in [-0.1, -0.05) is 13.3 Å². The Kier molecular flexibility index (Phi) is 4.43. The van der Waals surface area contributed by atoms with E-state index in [1.807, 2.05) is 25.7 Å². The van der Waals surface area contributed by atoms with Gasteiger partial charge < -0.3 is 19.9 Å². The molecule has 2 heterocycles. The van der Waals surface area contributed by atoms with Crippen LogP contribution in [0.25, 0.3) is 0 Å². The number of guanidine groups is 1. The fourth-order valence-corrected chi connectivity index (χ4v) is 3.47. The van der Waals surface area contributed by atoms with Crippen molar-refractivity contribution >= 4 is 12.1 Å². The zero-order valence-corrected chi connectivity index (χ0v) is 14.8. The van der Waals surface area contributed by atoms with Crippen LogP contribution in [0.2, 0.25) is 0 Å². The highest BCUT2D eigenvalue weighted by Crippen LogP contribution is 2.35. The number of aliphatic imine (C=N–C) groups is 1. The van der Waals surface area contributed by atoms with Crippen molar-refractivity contribution in [1.29, 1.82) is 0 Å². The molecule has 130 valence electrons. The first kappa shape index (κ1) is 16.4. The van der Waals surface area contributed by atoms with Crippen molar-refractivity contribution in [2.45, 2.75) is 64.6 Å². The molecule has 2 fully saturated rings. The number of amides is 1. The molecular weight excluding hydrogens is 292 g/mol. The molecular formula is C17H30N4O2. The fourth-order valence-electron chi connectivity index (χ4n) is 3.47. The maximum absolute atomic E-state index is 12.2. The lowest BCUT2D eigenvalue weighted by Gasteiger charge is -2.39. The van der Waals surface area contributed by atoms with Gasteiger partial charge in [-0.2, -0.15) is 0 Å². The highest BCUT2D eigenvalue weighted by atomic mass is 16.6. The summed E-state index contributed by atoms with van der Waals surface area (Å²) in [5.41, 5.74) is -0.437. The van der Waals surface area contributed by atoms with Gasteiger partial charge in [0.15, 0.2) is 5.96 Å². The van der Waals surface area contributed by atoms with Crippen LogP contribution in [0, 0.1) is 5.92 Å². The molecule has 0 bridgehead atoms. The molecule has 3 atom stereocenters. The summed E-state index contributed by atoms with van der Waals surface area (Å²) in [5, 5.41) is 3.61. The van der Waals surface area contributed by atoms with Crippen molar-refractivity contribution in [2.75, 3.05) is 26.2 Å². The highest BCUT2D eigenvalue weighted by molar-refractivity contribution is 5.83. The maximum atomic E-state index is 12.2. The van der Waals surface area contributed by atoms with Crippen LogP contribution in [0.4, 0.5) is 4.79 Å². The number of rotatable bonds is 3. The van der Waals surface area contributed by atoms with Crippen LogP contribution in [0.5, 0.6) is 0 Å². The Morgan fingerprint density at radius 1 is 1.39 bits per heavy atom. The second kappa shape index (κ2) is 6.21. The van der Waals surface area contributed by atoms with Gasteiger partial charge >= 0.3 is 6.09 Å². The molecule has 1 amide bonds.